The highest BCUT2D eigenvalue weighted by Crippen LogP contribution is 2.50. The maximum atomic E-state index is 6.97. The number of aryl methyl sites for hydroxylation is 1. The summed E-state index contributed by atoms with van der Waals surface area (Å²) in [7, 11) is 2.26. The van der Waals surface area contributed by atoms with Gasteiger partial charge in [0.1, 0.15) is 11.5 Å². The summed E-state index contributed by atoms with van der Waals surface area (Å²) in [4.78, 5) is 2.56. The number of aromatic nitrogens is 2. The number of hydrogen-bond acceptors (Lipinski definition) is 3. The Morgan fingerprint density at radius 3 is 1.94 bits per heavy atom. The van der Waals surface area contributed by atoms with Gasteiger partial charge in [-0.2, -0.15) is 0 Å². The van der Waals surface area contributed by atoms with Gasteiger partial charge in [-0.15, -0.1) is 11.3 Å². The fraction of sp³-hybridized carbons (Fsp3) is 0.158. The van der Waals surface area contributed by atoms with Crippen LogP contribution in [-0.4, -0.2) is 15.8 Å². The Morgan fingerprint density at radius 1 is 0.492 bits per heavy atom. The van der Waals surface area contributed by atoms with E-state index in [1.54, 1.807) is 0 Å². The van der Waals surface area contributed by atoms with E-state index in [1.807, 2.05) is 11.3 Å². The number of benzene rings is 8. The molecule has 63 heavy (non-hydrogen) atoms. The molecule has 0 fully saturated rings. The highest BCUT2D eigenvalue weighted by molar-refractivity contribution is 7.25. The van der Waals surface area contributed by atoms with Gasteiger partial charge in [0.05, 0.1) is 27.9 Å². The van der Waals surface area contributed by atoms with Gasteiger partial charge in [0, 0.05) is 65.7 Å². The van der Waals surface area contributed by atoms with Gasteiger partial charge in [-0.3, -0.25) is 0 Å². The number of nitrogens with zero attached hydrogens (tertiary/aromatic N) is 3. The number of fused-ring (bicyclic) bond motifs is 13. The summed E-state index contributed by atoms with van der Waals surface area (Å²) < 4.78 is 14.7. The zero-order chi connectivity index (χ0) is 42.7. The van der Waals surface area contributed by atoms with E-state index in [4.69, 9.17) is 4.74 Å². The van der Waals surface area contributed by atoms with Crippen LogP contribution in [0.25, 0.3) is 69.5 Å². The average molecular weight is 832 g/mol. The molecule has 0 radical (unpaired) electrons. The van der Waals surface area contributed by atoms with Gasteiger partial charge in [0.2, 0.25) is 0 Å². The molecule has 0 saturated carbocycles. The molecular formula is C57H46BN3OS. The van der Waals surface area contributed by atoms with Gasteiger partial charge in [-0.25, -0.2) is 0 Å². The van der Waals surface area contributed by atoms with Crippen molar-refractivity contribution in [2.24, 2.45) is 7.05 Å². The molecule has 0 aliphatic carbocycles. The largest absolute Gasteiger partial charge is 0.458 e. The smallest absolute Gasteiger partial charge is 0.256 e. The van der Waals surface area contributed by atoms with Crippen LogP contribution in [-0.2, 0) is 17.9 Å². The Balaban J connectivity index is 1.26. The van der Waals surface area contributed by atoms with Crippen LogP contribution in [0, 0.1) is 0 Å². The van der Waals surface area contributed by atoms with E-state index in [9.17, 15) is 0 Å². The molecule has 11 aromatic rings. The second-order valence-corrected chi connectivity index (χ2v) is 20.9. The second kappa shape index (κ2) is 12.7. The van der Waals surface area contributed by atoms with Gasteiger partial charge in [0.25, 0.3) is 6.71 Å². The Morgan fingerprint density at radius 2 is 1.17 bits per heavy atom. The number of ether oxygens (including phenoxy) is 1. The van der Waals surface area contributed by atoms with Gasteiger partial charge >= 0.3 is 0 Å². The Bertz CT molecular complexity index is 3760. The van der Waals surface area contributed by atoms with Crippen LogP contribution in [0.3, 0.4) is 0 Å². The van der Waals surface area contributed by atoms with E-state index in [0.29, 0.717) is 0 Å². The number of hydrogen-bond donors (Lipinski definition) is 0. The number of rotatable bonds is 2. The summed E-state index contributed by atoms with van der Waals surface area (Å²) in [5, 5.41) is 7.61. The van der Waals surface area contributed by atoms with Crippen molar-refractivity contribution in [3.63, 3.8) is 0 Å². The summed E-state index contributed by atoms with van der Waals surface area (Å²) in [6.07, 6.45) is 0. The zero-order valence-corrected chi connectivity index (χ0v) is 37.5. The molecule has 0 atom stereocenters. The third-order valence-electron chi connectivity index (χ3n) is 14.1. The maximum absolute atomic E-state index is 6.97. The zero-order valence-electron chi connectivity index (χ0n) is 36.7. The molecule has 2 aliphatic rings. The third-order valence-corrected chi connectivity index (χ3v) is 15.2. The SMILES string of the molecule is Cn1c2ccccc2c2cc3c(c(-n4c5ccccc5c5cc6sc7ccccc7c6cc54)c21)N(c1ccc(C(C)(C)C)cc1)c1cccc2c1B3c1cc(C(C)(C)C)ccc1O2. The second-order valence-electron chi connectivity index (χ2n) is 19.8. The summed E-state index contributed by atoms with van der Waals surface area (Å²) >= 11 is 1.89. The van der Waals surface area contributed by atoms with Crippen molar-refractivity contribution >= 4 is 115 Å². The fourth-order valence-electron chi connectivity index (χ4n) is 11.0. The quantitative estimate of drug-likeness (QED) is 0.162. The molecule has 0 amide bonds. The maximum Gasteiger partial charge on any atom is 0.256 e. The first-order valence-corrected chi connectivity index (χ1v) is 23.0. The minimum absolute atomic E-state index is 0.0122. The average Bonchev–Trinajstić information content (AvgIpc) is 3.91. The van der Waals surface area contributed by atoms with E-state index in [1.165, 1.54) is 103 Å². The first-order chi connectivity index (χ1) is 30.4. The highest BCUT2D eigenvalue weighted by Gasteiger charge is 2.44. The van der Waals surface area contributed by atoms with Crippen LogP contribution < -0.4 is 26.0 Å². The van der Waals surface area contributed by atoms with Gasteiger partial charge < -0.3 is 18.8 Å². The molecule has 0 bridgehead atoms. The molecule has 0 unspecified atom stereocenters. The first kappa shape index (κ1) is 36.9. The molecule has 304 valence electrons. The molecular weight excluding hydrogens is 786 g/mol. The summed E-state index contributed by atoms with van der Waals surface area (Å²) in [6, 6.07) is 57.2. The van der Waals surface area contributed by atoms with Crippen molar-refractivity contribution in [3.05, 3.63) is 163 Å². The molecule has 2 aliphatic heterocycles. The lowest BCUT2D eigenvalue weighted by Gasteiger charge is -2.41. The lowest BCUT2D eigenvalue weighted by molar-refractivity contribution is 0.486. The van der Waals surface area contributed by atoms with E-state index < -0.39 is 0 Å². The predicted molar refractivity (Wildman–Crippen MR) is 271 cm³/mol. The molecule has 8 aromatic carbocycles. The minimum Gasteiger partial charge on any atom is -0.458 e. The highest BCUT2D eigenvalue weighted by atomic mass is 32.1. The van der Waals surface area contributed by atoms with Crippen LogP contribution in [0.2, 0.25) is 0 Å². The van der Waals surface area contributed by atoms with Crippen LogP contribution in [0.4, 0.5) is 17.1 Å². The molecule has 13 rings (SSSR count). The van der Waals surface area contributed by atoms with E-state index in [2.05, 4.69) is 214 Å². The van der Waals surface area contributed by atoms with Gasteiger partial charge in [0.15, 0.2) is 0 Å². The van der Waals surface area contributed by atoms with E-state index in [0.717, 1.165) is 22.9 Å². The molecule has 4 nitrogen and oxygen atoms in total. The van der Waals surface area contributed by atoms with Gasteiger partial charge in [-0.1, -0.05) is 133 Å². The van der Waals surface area contributed by atoms with E-state index in [-0.39, 0.29) is 17.5 Å². The molecule has 5 heterocycles. The molecule has 6 heteroatoms. The number of thiophene rings is 1. The van der Waals surface area contributed by atoms with Crippen molar-refractivity contribution in [3.8, 4) is 17.2 Å². The van der Waals surface area contributed by atoms with Crippen molar-refractivity contribution < 1.29 is 4.74 Å². The molecule has 0 N–H and O–H groups in total. The Kier molecular flexibility index (Phi) is 7.42. The van der Waals surface area contributed by atoms with Crippen molar-refractivity contribution in [2.45, 2.75) is 52.4 Å². The van der Waals surface area contributed by atoms with Crippen molar-refractivity contribution in [1.29, 1.82) is 0 Å². The number of para-hydroxylation sites is 2. The lowest BCUT2D eigenvalue weighted by Crippen LogP contribution is -2.60. The van der Waals surface area contributed by atoms with Crippen LogP contribution in [0.1, 0.15) is 52.7 Å². The summed E-state index contributed by atoms with van der Waals surface area (Å²) in [5.41, 5.74) is 15.7. The predicted octanol–water partition coefficient (Wildman–Crippen LogP) is 13.8. The van der Waals surface area contributed by atoms with Gasteiger partial charge in [-0.05, 0) is 99.0 Å². The lowest BCUT2D eigenvalue weighted by atomic mass is 9.34. The molecule has 0 saturated heterocycles. The van der Waals surface area contributed by atoms with E-state index >= 15 is 0 Å². The van der Waals surface area contributed by atoms with Crippen molar-refractivity contribution in [2.75, 3.05) is 4.90 Å². The number of anilines is 3. The molecule has 3 aromatic heterocycles. The Labute approximate surface area is 371 Å². The van der Waals surface area contributed by atoms with Crippen LogP contribution in [0.5, 0.6) is 11.5 Å². The topological polar surface area (TPSA) is 22.3 Å². The van der Waals surface area contributed by atoms with Crippen molar-refractivity contribution in [1.82, 2.24) is 9.13 Å². The normalized spacial score (nSPS) is 13.7. The minimum atomic E-state index is -0.0786. The monoisotopic (exact) mass is 831 g/mol. The standard InChI is InChI=1S/C57H46BN3OS/c1-56(2,3)33-23-26-35(27-24-33)60-46-20-14-21-49-52(46)58(42-29-34(57(4,5)6)25-28-48(42)62-49)43-30-41-37-16-8-11-18-44(37)59(7)53(41)55(54(43)60)61-45-19-12-9-15-36(45)39-32-51-40(31-47(39)61)38-17-10-13-22-50(38)63-51/h8-32H,1-7H3. The Hall–Kier alpha value is -6.76. The van der Waals surface area contributed by atoms with Crippen LogP contribution in [0.15, 0.2) is 152 Å². The summed E-state index contributed by atoms with van der Waals surface area (Å²) in [6.45, 7) is 13.7. The molecule has 0 spiro atoms. The summed E-state index contributed by atoms with van der Waals surface area (Å²) in [5.74, 6) is 1.84. The first-order valence-electron chi connectivity index (χ1n) is 22.2. The fourth-order valence-corrected chi connectivity index (χ4v) is 12.1. The van der Waals surface area contributed by atoms with Crippen LogP contribution >= 0.6 is 11.3 Å². The third kappa shape index (κ3) is 5.10.